The van der Waals surface area contributed by atoms with Crippen molar-refractivity contribution in [3.63, 3.8) is 0 Å². The van der Waals surface area contributed by atoms with Crippen molar-refractivity contribution in [2.24, 2.45) is 40.9 Å². The van der Waals surface area contributed by atoms with Gasteiger partial charge in [0.2, 0.25) is 5.91 Å². The molecule has 6 fully saturated rings. The summed E-state index contributed by atoms with van der Waals surface area (Å²) in [6, 6.07) is 16.3. The summed E-state index contributed by atoms with van der Waals surface area (Å²) >= 11 is 5.95. The topological polar surface area (TPSA) is 42.0 Å². The number of halogens is 2. The van der Waals surface area contributed by atoms with E-state index >= 15 is 0 Å². The van der Waals surface area contributed by atoms with Crippen LogP contribution in [0.1, 0.15) is 5.69 Å². The zero-order valence-corrected chi connectivity index (χ0v) is 16.0. The smallest absolute Gasteiger partial charge is 0.231 e. The Labute approximate surface area is 171 Å². The maximum absolute atomic E-state index is 13.5. The first-order chi connectivity index (χ1) is 14.1. The van der Waals surface area contributed by atoms with Crippen LogP contribution in [0.2, 0.25) is 5.02 Å². The summed E-state index contributed by atoms with van der Waals surface area (Å²) in [5.41, 5.74) is 2.97. The maximum Gasteiger partial charge on any atom is 0.231 e. The second kappa shape index (κ2) is 4.34. The minimum atomic E-state index is -0.225. The second-order valence-electron chi connectivity index (χ2n) is 9.52. The second-order valence-corrected chi connectivity index (χ2v) is 9.95. The molecule has 1 aromatic heterocycles. The summed E-state index contributed by atoms with van der Waals surface area (Å²) in [5.74, 6) is 3.41. The van der Waals surface area contributed by atoms with Crippen LogP contribution in [0.15, 0.2) is 54.6 Å². The average molecular weight is 403 g/mol. The highest BCUT2D eigenvalue weighted by molar-refractivity contribution is 6.30. The van der Waals surface area contributed by atoms with Gasteiger partial charge in [-0.15, -0.1) is 0 Å². The minimum Gasteiger partial charge on any atom is -0.326 e. The Morgan fingerprint density at radius 2 is 1.62 bits per heavy atom. The molecule has 3 aromatic rings. The molecule has 0 saturated heterocycles. The summed E-state index contributed by atoms with van der Waals surface area (Å²) < 4.78 is 13.5. The molecule has 1 amide bonds. The van der Waals surface area contributed by atoms with Gasteiger partial charge in [0.1, 0.15) is 5.82 Å². The fourth-order valence-corrected chi connectivity index (χ4v) is 8.73. The molecule has 0 spiro atoms. The van der Waals surface area contributed by atoms with E-state index in [-0.39, 0.29) is 22.6 Å². The lowest BCUT2D eigenvalue weighted by molar-refractivity contribution is -0.610. The van der Waals surface area contributed by atoms with Crippen molar-refractivity contribution in [1.82, 2.24) is 4.98 Å². The lowest BCUT2D eigenvalue weighted by Gasteiger charge is -3.10. The van der Waals surface area contributed by atoms with Gasteiger partial charge in [0, 0.05) is 27.2 Å². The summed E-state index contributed by atoms with van der Waals surface area (Å²) in [6.45, 7) is 0. The van der Waals surface area contributed by atoms with E-state index in [0.717, 1.165) is 16.6 Å². The molecule has 6 aliphatic rings. The molecule has 5 heteroatoms. The third-order valence-electron chi connectivity index (χ3n) is 9.22. The van der Waals surface area contributed by atoms with Crippen molar-refractivity contribution < 1.29 is 9.18 Å². The van der Waals surface area contributed by atoms with Crippen molar-refractivity contribution in [2.45, 2.75) is 5.41 Å². The fraction of sp³-hybridized carbons (Fsp3) is 0.333. The summed E-state index contributed by atoms with van der Waals surface area (Å²) in [5, 5.41) is 4.66. The number of benzene rings is 2. The third-order valence-corrected chi connectivity index (χ3v) is 9.47. The first-order valence-electron chi connectivity index (χ1n) is 10.2. The summed E-state index contributed by atoms with van der Waals surface area (Å²) in [6.07, 6.45) is 0. The lowest BCUT2D eigenvalue weighted by Crippen LogP contribution is -3.12. The number of fused-ring (bicyclic) bond motifs is 1. The van der Waals surface area contributed by atoms with Crippen LogP contribution >= 0.6 is 11.6 Å². The molecule has 0 aliphatic heterocycles. The molecule has 9 rings (SSSR count). The molecule has 0 atom stereocenters. The minimum absolute atomic E-state index is 0.110. The maximum atomic E-state index is 13.5. The van der Waals surface area contributed by atoms with Crippen LogP contribution in [0.25, 0.3) is 10.9 Å². The number of hydrogen-bond acceptors (Lipinski definition) is 2. The van der Waals surface area contributed by atoms with E-state index in [1.807, 2.05) is 30.3 Å². The van der Waals surface area contributed by atoms with E-state index in [1.165, 1.54) is 11.8 Å². The molecule has 142 valence electrons. The number of nitrogens with zero attached hydrogens (tertiary/aromatic N) is 1. The standard InChI is InChI=1S/C24H16ClFN2O/c25-11-2-5-13(6-3-11)27-22(29)24-19-16-20(24)18-21(24)17(19)23(16,18)15-8-1-10-9-12(26)4-7-14(10)28-15/h1-9,16-21H,(H,27,29). The number of amides is 1. The van der Waals surface area contributed by atoms with Crippen molar-refractivity contribution in [3.8, 4) is 0 Å². The molecule has 1 heterocycles. The largest absolute Gasteiger partial charge is 0.326 e. The molecule has 0 radical (unpaired) electrons. The molecule has 2 aromatic carbocycles. The van der Waals surface area contributed by atoms with Crippen LogP contribution in [0.3, 0.4) is 0 Å². The number of hydrogen-bond donors (Lipinski definition) is 1. The van der Waals surface area contributed by atoms with E-state index in [1.54, 1.807) is 12.1 Å². The molecular formula is C24H16ClFN2O. The van der Waals surface area contributed by atoms with Crippen LogP contribution in [0.5, 0.6) is 0 Å². The monoisotopic (exact) mass is 402 g/mol. The van der Waals surface area contributed by atoms with Crippen LogP contribution in [0, 0.1) is 46.7 Å². The van der Waals surface area contributed by atoms with E-state index in [4.69, 9.17) is 16.6 Å². The van der Waals surface area contributed by atoms with Crippen molar-refractivity contribution in [3.05, 3.63) is 71.1 Å². The number of carbonyl (C=O) groups is 1. The molecule has 1 N–H and O–H groups in total. The first-order valence-corrected chi connectivity index (χ1v) is 10.6. The van der Waals surface area contributed by atoms with Gasteiger partial charge < -0.3 is 5.32 Å². The molecular weight excluding hydrogens is 387 g/mol. The zero-order chi connectivity index (χ0) is 19.3. The van der Waals surface area contributed by atoms with Gasteiger partial charge in [0.05, 0.1) is 10.9 Å². The van der Waals surface area contributed by atoms with Crippen molar-refractivity contribution in [1.29, 1.82) is 0 Å². The lowest BCUT2D eigenvalue weighted by atomic mass is 8.92. The van der Waals surface area contributed by atoms with Gasteiger partial charge >= 0.3 is 0 Å². The Hall–Kier alpha value is -2.46. The van der Waals surface area contributed by atoms with E-state index < -0.39 is 0 Å². The number of anilines is 1. The number of carbonyl (C=O) groups excluding carboxylic acids is 1. The van der Waals surface area contributed by atoms with Crippen LogP contribution < -0.4 is 5.32 Å². The van der Waals surface area contributed by atoms with E-state index in [2.05, 4.69) is 11.4 Å². The molecule has 0 unspecified atom stereocenters. The normalized spacial score (nSPS) is 43.2. The highest BCUT2D eigenvalue weighted by atomic mass is 35.5. The summed E-state index contributed by atoms with van der Waals surface area (Å²) in [4.78, 5) is 18.1. The predicted molar refractivity (Wildman–Crippen MR) is 107 cm³/mol. The van der Waals surface area contributed by atoms with Gasteiger partial charge in [-0.05, 0) is 84.0 Å². The van der Waals surface area contributed by atoms with E-state index in [9.17, 15) is 9.18 Å². The highest BCUT2D eigenvalue weighted by Crippen LogP contribution is 3.09. The highest BCUT2D eigenvalue weighted by Gasteiger charge is 3.11. The molecule has 6 saturated carbocycles. The van der Waals surface area contributed by atoms with Crippen molar-refractivity contribution in [2.75, 3.05) is 5.32 Å². The van der Waals surface area contributed by atoms with Gasteiger partial charge in [-0.25, -0.2) is 4.39 Å². The number of nitrogens with one attached hydrogen (secondary N) is 1. The third kappa shape index (κ3) is 1.27. The Morgan fingerprint density at radius 3 is 2.31 bits per heavy atom. The van der Waals surface area contributed by atoms with Crippen molar-refractivity contribution >= 4 is 34.1 Å². The van der Waals surface area contributed by atoms with Gasteiger partial charge in [0.15, 0.2) is 0 Å². The Kier molecular flexibility index (Phi) is 2.30. The molecule has 3 nitrogen and oxygen atoms in total. The number of aromatic nitrogens is 1. The number of pyridine rings is 1. The Morgan fingerprint density at radius 1 is 0.931 bits per heavy atom. The predicted octanol–water partition coefficient (Wildman–Crippen LogP) is 4.66. The summed E-state index contributed by atoms with van der Waals surface area (Å²) in [7, 11) is 0. The Bertz CT molecular complexity index is 1230. The number of rotatable bonds is 3. The molecule has 6 aliphatic carbocycles. The Balaban J connectivity index is 1.10. The molecule has 0 bridgehead atoms. The van der Waals surface area contributed by atoms with Gasteiger partial charge in [-0.3, -0.25) is 9.78 Å². The zero-order valence-electron chi connectivity index (χ0n) is 15.3. The van der Waals surface area contributed by atoms with Gasteiger partial charge in [-0.2, -0.15) is 0 Å². The van der Waals surface area contributed by atoms with Gasteiger partial charge in [-0.1, -0.05) is 17.7 Å². The molecule has 29 heavy (non-hydrogen) atoms. The average Bonchev–Trinajstić information content (AvgIpc) is 2.74. The quantitative estimate of drug-likeness (QED) is 0.692. The van der Waals surface area contributed by atoms with Gasteiger partial charge in [0.25, 0.3) is 0 Å². The fourth-order valence-electron chi connectivity index (χ4n) is 8.60. The first kappa shape index (κ1) is 15.4. The van der Waals surface area contributed by atoms with Crippen LogP contribution in [0.4, 0.5) is 10.1 Å². The SMILES string of the molecule is O=C(Nc1ccc(Cl)cc1)C12C3C4C1C1C2C3C41c1ccc2cc(F)ccc2n1. The van der Waals surface area contributed by atoms with Crippen LogP contribution in [-0.2, 0) is 10.2 Å². The van der Waals surface area contributed by atoms with Crippen LogP contribution in [-0.4, -0.2) is 10.9 Å². The van der Waals surface area contributed by atoms with E-state index in [0.29, 0.717) is 40.5 Å².